The van der Waals surface area contributed by atoms with E-state index >= 15 is 0 Å². The molecule has 0 N–H and O–H groups in total. The lowest BCUT2D eigenvalue weighted by molar-refractivity contribution is 0.748. The van der Waals surface area contributed by atoms with Crippen molar-refractivity contribution < 1.29 is 0 Å². The number of hydrogen-bond donors (Lipinski definition) is 0. The number of benzene rings is 9. The van der Waals surface area contributed by atoms with Crippen LogP contribution in [0, 0.1) is 0 Å². The number of hydrogen-bond acceptors (Lipinski definition) is 2. The molecule has 1 spiro atoms. The van der Waals surface area contributed by atoms with E-state index in [1.807, 2.05) is 11.3 Å². The first-order chi connectivity index (χ1) is 31.8. The minimum absolute atomic E-state index is 0.524. The lowest BCUT2D eigenvalue weighted by Crippen LogP contribution is -2.33. The van der Waals surface area contributed by atoms with Crippen LogP contribution in [0.3, 0.4) is 0 Å². The molecule has 3 heterocycles. The van der Waals surface area contributed by atoms with Gasteiger partial charge in [0.25, 0.3) is 0 Å². The van der Waals surface area contributed by atoms with Crippen molar-refractivity contribution in [3.05, 3.63) is 252 Å². The molecule has 0 saturated carbocycles. The summed E-state index contributed by atoms with van der Waals surface area (Å²) in [6, 6.07) is 77.3. The fraction of sp³-hybridized carbons (Fsp3) is 0.0492. The third-order valence-electron chi connectivity index (χ3n) is 14.3. The molecule has 2 nitrogen and oxygen atoms in total. The quantitative estimate of drug-likeness (QED) is 0.168. The highest BCUT2D eigenvalue weighted by atomic mass is 32.1. The third kappa shape index (κ3) is 4.90. The van der Waals surface area contributed by atoms with Crippen LogP contribution in [0.4, 0.5) is 11.4 Å². The Morgan fingerprint density at radius 3 is 2.02 bits per heavy atom. The van der Waals surface area contributed by atoms with E-state index < -0.39 is 5.41 Å². The molecule has 3 aliphatic rings. The fourth-order valence-corrected chi connectivity index (χ4v) is 12.7. The molecule has 9 aromatic carbocycles. The molecule has 0 saturated heterocycles. The molecule has 3 heteroatoms. The first-order valence-electron chi connectivity index (χ1n) is 22.4. The summed E-state index contributed by atoms with van der Waals surface area (Å²) in [6.07, 6.45) is 6.61. The van der Waals surface area contributed by atoms with Gasteiger partial charge in [-0.25, -0.2) is 0 Å². The van der Waals surface area contributed by atoms with Crippen molar-refractivity contribution in [2.24, 2.45) is 0 Å². The highest BCUT2D eigenvalue weighted by molar-refractivity contribution is 7.25. The summed E-state index contributed by atoms with van der Waals surface area (Å²) in [7, 11) is 0. The van der Waals surface area contributed by atoms with E-state index in [0.29, 0.717) is 0 Å². The van der Waals surface area contributed by atoms with Gasteiger partial charge < -0.3 is 9.47 Å². The van der Waals surface area contributed by atoms with Gasteiger partial charge in [0.15, 0.2) is 0 Å². The maximum atomic E-state index is 2.57. The van der Waals surface area contributed by atoms with Crippen LogP contribution in [-0.4, -0.2) is 4.57 Å². The average Bonchev–Trinajstić information content (AvgIpc) is 4.01. The smallest absolute Gasteiger partial charge is 0.0755 e. The molecule has 64 heavy (non-hydrogen) atoms. The van der Waals surface area contributed by atoms with Gasteiger partial charge in [-0.2, -0.15) is 0 Å². The minimum atomic E-state index is -0.524. The molecule has 1 aliphatic heterocycles. The van der Waals surface area contributed by atoms with Crippen molar-refractivity contribution in [2.45, 2.75) is 18.3 Å². The van der Waals surface area contributed by atoms with Gasteiger partial charge in [0, 0.05) is 47.9 Å². The van der Waals surface area contributed by atoms with Gasteiger partial charge in [0.2, 0.25) is 0 Å². The van der Waals surface area contributed by atoms with E-state index in [4.69, 9.17) is 0 Å². The number of nitrogens with zero attached hydrogens (tertiary/aromatic N) is 2. The van der Waals surface area contributed by atoms with Gasteiger partial charge in [-0.15, -0.1) is 11.3 Å². The van der Waals surface area contributed by atoms with Crippen LogP contribution in [0.1, 0.15) is 40.7 Å². The number of fused-ring (bicyclic) bond motifs is 15. The molecule has 1 atom stereocenters. The molecule has 0 radical (unpaired) electrons. The van der Waals surface area contributed by atoms with Crippen LogP contribution in [0.2, 0.25) is 0 Å². The number of thiophene rings is 1. The zero-order valence-corrected chi connectivity index (χ0v) is 35.8. The topological polar surface area (TPSA) is 8.17 Å². The predicted octanol–water partition coefficient (Wildman–Crippen LogP) is 16.4. The van der Waals surface area contributed by atoms with Crippen molar-refractivity contribution >= 4 is 70.3 Å². The zero-order valence-electron chi connectivity index (χ0n) is 35.0. The maximum absolute atomic E-state index is 2.57. The van der Waals surface area contributed by atoms with Gasteiger partial charge in [-0.3, -0.25) is 0 Å². The van der Waals surface area contributed by atoms with E-state index in [-0.39, 0.29) is 0 Å². The van der Waals surface area contributed by atoms with E-state index in [0.717, 1.165) is 18.5 Å². The Labute approximate surface area is 375 Å². The van der Waals surface area contributed by atoms with Gasteiger partial charge in [0.05, 0.1) is 27.8 Å². The summed E-state index contributed by atoms with van der Waals surface area (Å²) < 4.78 is 5.19. The molecule has 0 fully saturated rings. The summed E-state index contributed by atoms with van der Waals surface area (Å²) in [5.74, 6) is 0. The Bertz CT molecular complexity index is 3790. The monoisotopic (exact) mass is 832 g/mol. The van der Waals surface area contributed by atoms with Crippen molar-refractivity contribution in [3.63, 3.8) is 0 Å². The number of anilines is 2. The lowest BCUT2D eigenvalue weighted by atomic mass is 9.65. The molecule has 2 aromatic heterocycles. The normalized spacial score (nSPS) is 15.9. The second kappa shape index (κ2) is 13.6. The Morgan fingerprint density at radius 2 is 1.14 bits per heavy atom. The van der Waals surface area contributed by atoms with E-state index in [1.165, 1.54) is 115 Å². The van der Waals surface area contributed by atoms with Gasteiger partial charge in [0.1, 0.15) is 0 Å². The molecular weight excluding hydrogens is 793 g/mol. The van der Waals surface area contributed by atoms with Crippen LogP contribution < -0.4 is 4.90 Å². The fourth-order valence-electron chi connectivity index (χ4n) is 11.7. The second-order valence-corrected chi connectivity index (χ2v) is 18.6. The van der Waals surface area contributed by atoms with Gasteiger partial charge >= 0.3 is 0 Å². The van der Waals surface area contributed by atoms with Crippen molar-refractivity contribution in [3.8, 4) is 27.9 Å². The molecule has 0 amide bonds. The Kier molecular flexibility index (Phi) is 7.64. The third-order valence-corrected chi connectivity index (χ3v) is 15.5. The van der Waals surface area contributed by atoms with E-state index in [9.17, 15) is 0 Å². The lowest BCUT2D eigenvalue weighted by Gasteiger charge is -2.40. The number of para-hydroxylation sites is 3. The van der Waals surface area contributed by atoms with Crippen LogP contribution >= 0.6 is 11.3 Å². The molecule has 2 aliphatic carbocycles. The highest BCUT2D eigenvalue weighted by Gasteiger charge is 2.51. The molecule has 1 unspecified atom stereocenters. The van der Waals surface area contributed by atoms with Crippen molar-refractivity contribution in [1.82, 2.24) is 4.57 Å². The molecule has 11 aromatic rings. The van der Waals surface area contributed by atoms with Crippen molar-refractivity contribution in [1.29, 1.82) is 0 Å². The number of allylic oxidation sites excluding steroid dienone is 4. The van der Waals surface area contributed by atoms with E-state index in [2.05, 4.69) is 228 Å². The van der Waals surface area contributed by atoms with E-state index in [1.54, 1.807) is 0 Å². The van der Waals surface area contributed by atoms with Crippen LogP contribution in [0.5, 0.6) is 0 Å². The Morgan fingerprint density at radius 1 is 0.453 bits per heavy atom. The summed E-state index contributed by atoms with van der Waals surface area (Å²) in [4.78, 5) is 2.57. The SMILES string of the molecule is C1=C(c2ccccc2)CCC(N(c2ccc(-c3ccc4sc5ccccc5c4c3)cc2)c2cccc3c2-c2ccccc2C32c3ccccc3-n3c4ccccc4c4cccc2c43)=C1. The standard InChI is InChI=1S/C61H40N2S/c1-2-14-39(15-3-1)40-28-33-43(34-29-40)62(44-35-30-41(31-36-44)42-32-37-58-49(38-42)46-17-6-11-27-57(46)64-58)56-26-13-22-52-59(56)48-18-4-7-20-50(48)61(52)51-21-8-10-25-55(51)63-54-24-9-5-16-45(54)47-19-12-23-53(61)60(47)63/h1-28,30-33,35-38H,29,34H2. The van der Waals surface area contributed by atoms with Crippen molar-refractivity contribution in [2.75, 3.05) is 4.90 Å². The molecule has 0 bridgehead atoms. The number of rotatable bonds is 5. The van der Waals surface area contributed by atoms with Gasteiger partial charge in [-0.05, 0) is 118 Å². The first kappa shape index (κ1) is 35.8. The van der Waals surface area contributed by atoms with Crippen LogP contribution in [0.15, 0.2) is 224 Å². The average molecular weight is 833 g/mol. The predicted molar refractivity (Wildman–Crippen MR) is 270 cm³/mol. The first-order valence-corrected chi connectivity index (χ1v) is 23.2. The Hall–Kier alpha value is -7.72. The van der Waals surface area contributed by atoms with Gasteiger partial charge in [-0.1, -0.05) is 164 Å². The highest BCUT2D eigenvalue weighted by Crippen LogP contribution is 2.63. The second-order valence-electron chi connectivity index (χ2n) is 17.5. The summed E-state index contributed by atoms with van der Waals surface area (Å²) >= 11 is 1.87. The molecular formula is C61H40N2S. The number of aromatic nitrogens is 1. The summed E-state index contributed by atoms with van der Waals surface area (Å²) in [5, 5.41) is 5.24. The summed E-state index contributed by atoms with van der Waals surface area (Å²) in [5.41, 5.74) is 20.0. The van der Waals surface area contributed by atoms with Crippen LogP contribution in [0.25, 0.3) is 75.5 Å². The zero-order chi connectivity index (χ0) is 41.9. The maximum Gasteiger partial charge on any atom is 0.0755 e. The minimum Gasteiger partial charge on any atom is -0.314 e. The largest absolute Gasteiger partial charge is 0.314 e. The summed E-state index contributed by atoms with van der Waals surface area (Å²) in [6.45, 7) is 0. The Balaban J connectivity index is 0.998. The molecule has 300 valence electrons. The molecule has 14 rings (SSSR count). The van der Waals surface area contributed by atoms with Crippen LogP contribution in [-0.2, 0) is 5.41 Å².